The molecule has 0 spiro atoms. The van der Waals surface area contributed by atoms with Gasteiger partial charge in [-0.25, -0.2) is 4.98 Å². The second-order valence-electron chi connectivity index (χ2n) is 7.54. The van der Waals surface area contributed by atoms with Crippen LogP contribution < -0.4 is 15.4 Å². The molecule has 0 aliphatic heterocycles. The first-order valence-corrected chi connectivity index (χ1v) is 9.15. The molecule has 3 aromatic rings. The maximum atomic E-state index is 12.6. The van der Waals surface area contributed by atoms with Crippen LogP contribution in [0.25, 0.3) is 0 Å². The van der Waals surface area contributed by atoms with E-state index in [2.05, 4.69) is 36.4 Å². The van der Waals surface area contributed by atoms with Gasteiger partial charge in [0.1, 0.15) is 11.4 Å². The van der Waals surface area contributed by atoms with Crippen molar-refractivity contribution in [1.82, 2.24) is 4.98 Å². The summed E-state index contributed by atoms with van der Waals surface area (Å²) in [7, 11) is 1.63. The van der Waals surface area contributed by atoms with Crippen molar-refractivity contribution in [3.8, 4) is 5.75 Å². The van der Waals surface area contributed by atoms with Crippen LogP contribution in [0.1, 0.15) is 36.8 Å². The zero-order valence-electron chi connectivity index (χ0n) is 16.6. The highest BCUT2D eigenvalue weighted by molar-refractivity contribution is 6.03. The topological polar surface area (TPSA) is 63.2 Å². The number of para-hydroxylation sites is 1. The van der Waals surface area contributed by atoms with E-state index in [1.54, 1.807) is 19.4 Å². The van der Waals surface area contributed by atoms with Gasteiger partial charge in [0.25, 0.3) is 5.91 Å². The van der Waals surface area contributed by atoms with E-state index in [9.17, 15) is 4.79 Å². The number of hydrogen-bond acceptors (Lipinski definition) is 4. The number of amides is 1. The minimum Gasteiger partial charge on any atom is -0.497 e. The monoisotopic (exact) mass is 375 g/mol. The molecule has 5 heteroatoms. The highest BCUT2D eigenvalue weighted by Crippen LogP contribution is 2.29. The first kappa shape index (κ1) is 19.4. The first-order valence-electron chi connectivity index (χ1n) is 9.15. The summed E-state index contributed by atoms with van der Waals surface area (Å²) in [6, 6.07) is 19.0. The Hall–Kier alpha value is -3.34. The summed E-state index contributed by atoms with van der Waals surface area (Å²) in [6.45, 7) is 6.36. The second kappa shape index (κ2) is 8.13. The van der Waals surface area contributed by atoms with Crippen molar-refractivity contribution in [1.29, 1.82) is 0 Å². The molecule has 28 heavy (non-hydrogen) atoms. The van der Waals surface area contributed by atoms with Gasteiger partial charge >= 0.3 is 0 Å². The van der Waals surface area contributed by atoms with Gasteiger partial charge in [-0.1, -0.05) is 45.0 Å². The zero-order chi connectivity index (χ0) is 20.1. The van der Waals surface area contributed by atoms with Crippen molar-refractivity contribution in [2.75, 3.05) is 17.7 Å². The third kappa shape index (κ3) is 4.68. The predicted molar refractivity (Wildman–Crippen MR) is 114 cm³/mol. The quantitative estimate of drug-likeness (QED) is 0.628. The van der Waals surface area contributed by atoms with Crippen molar-refractivity contribution in [3.63, 3.8) is 0 Å². The van der Waals surface area contributed by atoms with E-state index in [0.717, 1.165) is 28.4 Å². The number of rotatable bonds is 5. The highest BCUT2D eigenvalue weighted by Gasteiger charge is 2.19. The highest BCUT2D eigenvalue weighted by atomic mass is 16.5. The minimum atomic E-state index is -0.232. The van der Waals surface area contributed by atoms with Gasteiger partial charge in [-0.3, -0.25) is 4.79 Å². The standard InChI is InChI=1S/C23H25N3O2/c1-23(2,3)19-10-5-6-11-20(19)26-22(27)21-13-12-17(15-24-21)25-16-8-7-9-18(14-16)28-4/h5-15,25H,1-4H3,(H,26,27). The molecule has 0 atom stereocenters. The number of nitrogens with zero attached hydrogens (tertiary/aromatic N) is 1. The summed E-state index contributed by atoms with van der Waals surface area (Å²) in [5, 5.41) is 6.23. The zero-order valence-corrected chi connectivity index (χ0v) is 16.6. The van der Waals surface area contributed by atoms with E-state index in [0.29, 0.717) is 5.69 Å². The van der Waals surface area contributed by atoms with E-state index in [1.165, 1.54) is 0 Å². The number of nitrogens with one attached hydrogen (secondary N) is 2. The van der Waals surface area contributed by atoms with Gasteiger partial charge in [0.05, 0.1) is 19.0 Å². The van der Waals surface area contributed by atoms with Gasteiger partial charge < -0.3 is 15.4 Å². The average Bonchev–Trinajstić information content (AvgIpc) is 2.68. The van der Waals surface area contributed by atoms with E-state index in [-0.39, 0.29) is 11.3 Å². The molecule has 0 bridgehead atoms. The maximum absolute atomic E-state index is 12.6. The fraction of sp³-hybridized carbons (Fsp3) is 0.217. The molecule has 0 radical (unpaired) electrons. The van der Waals surface area contributed by atoms with Crippen LogP contribution in [0.3, 0.4) is 0 Å². The van der Waals surface area contributed by atoms with E-state index < -0.39 is 0 Å². The number of pyridine rings is 1. The Balaban J connectivity index is 1.72. The molecule has 1 heterocycles. The van der Waals surface area contributed by atoms with Crippen LogP contribution in [0.15, 0.2) is 66.9 Å². The van der Waals surface area contributed by atoms with Crippen LogP contribution in [-0.4, -0.2) is 18.0 Å². The van der Waals surface area contributed by atoms with Crippen LogP contribution in [0.2, 0.25) is 0 Å². The number of aromatic nitrogens is 1. The van der Waals surface area contributed by atoms with Gasteiger partial charge in [0, 0.05) is 17.4 Å². The summed E-state index contributed by atoms with van der Waals surface area (Å²) in [5.74, 6) is 0.538. The number of hydrogen-bond donors (Lipinski definition) is 2. The average molecular weight is 375 g/mol. The van der Waals surface area contributed by atoms with Gasteiger partial charge in [-0.2, -0.15) is 0 Å². The van der Waals surface area contributed by atoms with Crippen molar-refractivity contribution < 1.29 is 9.53 Å². The maximum Gasteiger partial charge on any atom is 0.274 e. The molecule has 0 unspecified atom stereocenters. The molecule has 144 valence electrons. The Kier molecular flexibility index (Phi) is 5.64. The molecular formula is C23H25N3O2. The molecule has 1 amide bonds. The first-order chi connectivity index (χ1) is 13.4. The summed E-state index contributed by atoms with van der Waals surface area (Å²) >= 11 is 0. The predicted octanol–water partition coefficient (Wildman–Crippen LogP) is 5.38. The lowest BCUT2D eigenvalue weighted by atomic mass is 9.86. The SMILES string of the molecule is COc1cccc(Nc2ccc(C(=O)Nc3ccccc3C(C)(C)C)nc2)c1. The van der Waals surface area contributed by atoms with Crippen LogP contribution in [-0.2, 0) is 5.41 Å². The van der Waals surface area contributed by atoms with Crippen molar-refractivity contribution >= 4 is 23.0 Å². The number of anilines is 3. The molecule has 0 aliphatic carbocycles. The molecule has 3 rings (SSSR count). The lowest BCUT2D eigenvalue weighted by molar-refractivity contribution is 0.102. The van der Waals surface area contributed by atoms with E-state index in [4.69, 9.17) is 4.74 Å². The van der Waals surface area contributed by atoms with Gasteiger partial charge in [0.15, 0.2) is 0 Å². The summed E-state index contributed by atoms with van der Waals surface area (Å²) < 4.78 is 5.22. The van der Waals surface area contributed by atoms with E-state index >= 15 is 0 Å². The number of ether oxygens (including phenoxy) is 1. The molecule has 0 saturated carbocycles. The van der Waals surface area contributed by atoms with Crippen molar-refractivity contribution in [2.24, 2.45) is 0 Å². The summed E-state index contributed by atoms with van der Waals surface area (Å²) in [4.78, 5) is 16.9. The molecule has 0 saturated heterocycles. The lowest BCUT2D eigenvalue weighted by Crippen LogP contribution is -2.19. The van der Waals surface area contributed by atoms with Gasteiger partial charge in [-0.15, -0.1) is 0 Å². The summed E-state index contributed by atoms with van der Waals surface area (Å²) in [5.41, 5.74) is 3.86. The van der Waals surface area contributed by atoms with Crippen LogP contribution >= 0.6 is 0 Å². The van der Waals surface area contributed by atoms with E-state index in [1.807, 2.05) is 54.6 Å². The molecule has 2 N–H and O–H groups in total. The van der Waals surface area contributed by atoms with Crippen LogP contribution in [0.5, 0.6) is 5.75 Å². The summed E-state index contributed by atoms with van der Waals surface area (Å²) in [6.07, 6.45) is 1.64. The van der Waals surface area contributed by atoms with Crippen molar-refractivity contribution in [2.45, 2.75) is 26.2 Å². The fourth-order valence-corrected chi connectivity index (χ4v) is 2.90. The molecular weight excluding hydrogens is 350 g/mol. The van der Waals surface area contributed by atoms with Crippen LogP contribution in [0, 0.1) is 0 Å². The van der Waals surface area contributed by atoms with Gasteiger partial charge in [0.2, 0.25) is 0 Å². The number of carbonyl (C=O) groups is 1. The third-order valence-corrected chi connectivity index (χ3v) is 4.34. The molecule has 1 aromatic heterocycles. The van der Waals surface area contributed by atoms with Crippen molar-refractivity contribution in [3.05, 3.63) is 78.1 Å². The fourth-order valence-electron chi connectivity index (χ4n) is 2.90. The molecule has 0 aliphatic rings. The Labute approximate surface area is 165 Å². The normalized spacial score (nSPS) is 11.0. The Bertz CT molecular complexity index is 960. The molecule has 5 nitrogen and oxygen atoms in total. The Morgan fingerprint density at radius 3 is 2.43 bits per heavy atom. The number of benzene rings is 2. The Morgan fingerprint density at radius 1 is 0.964 bits per heavy atom. The number of carbonyl (C=O) groups excluding carboxylic acids is 1. The Morgan fingerprint density at radius 2 is 1.75 bits per heavy atom. The molecule has 2 aromatic carbocycles. The van der Waals surface area contributed by atoms with Gasteiger partial charge in [-0.05, 0) is 41.3 Å². The third-order valence-electron chi connectivity index (χ3n) is 4.34. The number of methoxy groups -OCH3 is 1. The smallest absolute Gasteiger partial charge is 0.274 e. The largest absolute Gasteiger partial charge is 0.497 e. The molecule has 0 fully saturated rings. The van der Waals surface area contributed by atoms with Crippen LogP contribution in [0.4, 0.5) is 17.1 Å². The second-order valence-corrected chi connectivity index (χ2v) is 7.54. The lowest BCUT2D eigenvalue weighted by Gasteiger charge is -2.22. The minimum absolute atomic E-state index is 0.0676.